The molecular weight excluding hydrogens is 226 g/mol. The second-order valence-corrected chi connectivity index (χ2v) is 6.12. The first-order chi connectivity index (χ1) is 7.54. The molecule has 5 nitrogen and oxygen atoms in total. The quantitative estimate of drug-likeness (QED) is 0.766. The molecule has 0 radical (unpaired) electrons. The van der Waals surface area contributed by atoms with Crippen molar-refractivity contribution in [3.8, 4) is 0 Å². The summed E-state index contributed by atoms with van der Waals surface area (Å²) in [7, 11) is -3.30. The van der Waals surface area contributed by atoms with Crippen LogP contribution in [0.4, 0.5) is 0 Å². The minimum absolute atomic E-state index is 0.116. The second-order valence-electron chi connectivity index (χ2n) is 4.24. The van der Waals surface area contributed by atoms with Crippen molar-refractivity contribution in [2.24, 2.45) is 5.73 Å². The van der Waals surface area contributed by atoms with Crippen LogP contribution in [0.15, 0.2) is 0 Å². The van der Waals surface area contributed by atoms with Crippen LogP contribution in [0.5, 0.6) is 0 Å². The van der Waals surface area contributed by atoms with Gasteiger partial charge in [-0.25, -0.2) is 0 Å². The topological polar surface area (TPSA) is 66.6 Å². The zero-order valence-corrected chi connectivity index (χ0v) is 11.0. The normalized spacial score (nSPS) is 23.9. The van der Waals surface area contributed by atoms with E-state index in [-0.39, 0.29) is 6.04 Å². The van der Waals surface area contributed by atoms with Crippen LogP contribution in [0.3, 0.4) is 0 Å². The summed E-state index contributed by atoms with van der Waals surface area (Å²) in [6, 6.07) is 0.116. The van der Waals surface area contributed by atoms with E-state index in [2.05, 4.69) is 0 Å². The van der Waals surface area contributed by atoms with Gasteiger partial charge < -0.3 is 5.73 Å². The number of nitrogens with two attached hydrogens (primary N) is 1. The summed E-state index contributed by atoms with van der Waals surface area (Å²) in [5.74, 6) is 0. The fraction of sp³-hybridized carbons (Fsp3) is 1.00. The first-order valence-corrected chi connectivity index (χ1v) is 7.40. The van der Waals surface area contributed by atoms with Gasteiger partial charge in [-0.15, -0.1) is 0 Å². The Morgan fingerprint density at radius 1 is 1.44 bits per heavy atom. The Morgan fingerprint density at radius 2 is 2.12 bits per heavy atom. The van der Waals surface area contributed by atoms with Crippen molar-refractivity contribution in [1.82, 2.24) is 8.61 Å². The lowest BCUT2D eigenvalue weighted by molar-refractivity contribution is 0.246. The summed E-state index contributed by atoms with van der Waals surface area (Å²) in [6.07, 6.45) is 3.04. The molecule has 0 bridgehead atoms. The van der Waals surface area contributed by atoms with E-state index in [9.17, 15) is 8.42 Å². The fourth-order valence-electron chi connectivity index (χ4n) is 2.14. The van der Waals surface area contributed by atoms with Crippen LogP contribution in [-0.4, -0.2) is 49.2 Å². The van der Waals surface area contributed by atoms with E-state index in [1.54, 1.807) is 4.31 Å². The summed E-state index contributed by atoms with van der Waals surface area (Å²) in [5.41, 5.74) is 5.44. The smallest absolute Gasteiger partial charge is 0.282 e. The van der Waals surface area contributed by atoms with Crippen molar-refractivity contribution in [2.45, 2.75) is 39.2 Å². The third-order valence-corrected chi connectivity index (χ3v) is 5.32. The second kappa shape index (κ2) is 5.95. The van der Waals surface area contributed by atoms with E-state index in [1.165, 1.54) is 4.31 Å². The summed E-state index contributed by atoms with van der Waals surface area (Å²) in [4.78, 5) is 0. The van der Waals surface area contributed by atoms with Gasteiger partial charge in [0.05, 0.1) is 0 Å². The van der Waals surface area contributed by atoms with Crippen LogP contribution in [0.25, 0.3) is 0 Å². The van der Waals surface area contributed by atoms with Gasteiger partial charge in [-0.05, 0) is 19.8 Å². The van der Waals surface area contributed by atoms with Gasteiger partial charge in [-0.2, -0.15) is 17.0 Å². The molecule has 0 aromatic carbocycles. The summed E-state index contributed by atoms with van der Waals surface area (Å²) < 4.78 is 27.7. The summed E-state index contributed by atoms with van der Waals surface area (Å²) in [6.45, 7) is 5.74. The van der Waals surface area contributed by atoms with Crippen LogP contribution in [-0.2, 0) is 10.2 Å². The lowest BCUT2D eigenvalue weighted by Crippen LogP contribution is -2.50. The first-order valence-electron chi connectivity index (χ1n) is 6.01. The Hall–Kier alpha value is -0.170. The van der Waals surface area contributed by atoms with Crippen molar-refractivity contribution in [1.29, 1.82) is 0 Å². The van der Waals surface area contributed by atoms with Gasteiger partial charge in [-0.1, -0.05) is 13.3 Å². The number of hydrogen-bond acceptors (Lipinski definition) is 3. The van der Waals surface area contributed by atoms with Gasteiger partial charge >= 0.3 is 0 Å². The number of hydrogen-bond donors (Lipinski definition) is 1. The number of likely N-dealkylation sites (N-methyl/N-ethyl adjacent to an activating group) is 1. The predicted octanol–water partition coefficient (Wildman–Crippen LogP) is 0.386. The third kappa shape index (κ3) is 2.94. The van der Waals surface area contributed by atoms with Crippen molar-refractivity contribution in [3.05, 3.63) is 0 Å². The Kier molecular flexibility index (Phi) is 5.17. The molecule has 2 N–H and O–H groups in total. The molecular formula is C10H23N3O2S. The summed E-state index contributed by atoms with van der Waals surface area (Å²) >= 11 is 0. The SMILES string of the molecule is CCN(CCN)S(=O)(=O)N1CCCCC1C. The van der Waals surface area contributed by atoms with Crippen molar-refractivity contribution in [2.75, 3.05) is 26.2 Å². The maximum Gasteiger partial charge on any atom is 0.282 e. The minimum Gasteiger partial charge on any atom is -0.329 e. The maximum atomic E-state index is 12.3. The van der Waals surface area contributed by atoms with Crippen LogP contribution in [0.2, 0.25) is 0 Å². The molecule has 1 rings (SSSR count). The molecule has 1 saturated heterocycles. The molecule has 0 amide bonds. The number of rotatable bonds is 5. The van der Waals surface area contributed by atoms with Gasteiger partial charge in [0.15, 0.2) is 0 Å². The molecule has 16 heavy (non-hydrogen) atoms. The minimum atomic E-state index is -3.30. The molecule has 6 heteroatoms. The molecule has 1 heterocycles. The lowest BCUT2D eigenvalue weighted by atomic mass is 10.1. The molecule has 1 atom stereocenters. The molecule has 0 aromatic rings. The van der Waals surface area contributed by atoms with Crippen LogP contribution >= 0.6 is 0 Å². The van der Waals surface area contributed by atoms with Crippen molar-refractivity contribution >= 4 is 10.2 Å². The highest BCUT2D eigenvalue weighted by atomic mass is 32.2. The average molecular weight is 249 g/mol. The molecule has 0 aromatic heterocycles. The Morgan fingerprint density at radius 3 is 2.62 bits per heavy atom. The Bertz CT molecular complexity index is 305. The largest absolute Gasteiger partial charge is 0.329 e. The standard InChI is InChI=1S/C10H23N3O2S/c1-3-12(9-7-11)16(14,15)13-8-5-4-6-10(13)2/h10H,3-9,11H2,1-2H3. The molecule has 1 unspecified atom stereocenters. The predicted molar refractivity (Wildman–Crippen MR) is 65.2 cm³/mol. The van der Waals surface area contributed by atoms with E-state index in [0.717, 1.165) is 19.3 Å². The molecule has 1 fully saturated rings. The highest BCUT2D eigenvalue weighted by molar-refractivity contribution is 7.86. The first kappa shape index (κ1) is 13.9. The van der Waals surface area contributed by atoms with Gasteiger partial charge in [0.25, 0.3) is 10.2 Å². The highest BCUT2D eigenvalue weighted by Gasteiger charge is 2.33. The summed E-state index contributed by atoms with van der Waals surface area (Å²) in [5, 5.41) is 0. The molecule has 1 aliphatic rings. The van der Waals surface area contributed by atoms with Gasteiger partial charge in [0.2, 0.25) is 0 Å². The lowest BCUT2D eigenvalue weighted by Gasteiger charge is -2.35. The van der Waals surface area contributed by atoms with Crippen molar-refractivity contribution in [3.63, 3.8) is 0 Å². The average Bonchev–Trinajstić information content (AvgIpc) is 2.26. The molecule has 1 aliphatic heterocycles. The number of piperidine rings is 1. The van der Waals surface area contributed by atoms with E-state index < -0.39 is 10.2 Å². The highest BCUT2D eigenvalue weighted by Crippen LogP contribution is 2.21. The van der Waals surface area contributed by atoms with E-state index >= 15 is 0 Å². The maximum absolute atomic E-state index is 12.3. The van der Waals surface area contributed by atoms with Gasteiger partial charge in [0, 0.05) is 32.2 Å². The Labute approximate surface area is 98.8 Å². The van der Waals surface area contributed by atoms with Gasteiger partial charge in [0.1, 0.15) is 0 Å². The van der Waals surface area contributed by atoms with Gasteiger partial charge in [-0.3, -0.25) is 0 Å². The molecule has 0 aliphatic carbocycles. The fourth-order valence-corrected chi connectivity index (χ4v) is 4.02. The zero-order valence-electron chi connectivity index (χ0n) is 10.2. The molecule has 96 valence electrons. The zero-order chi connectivity index (χ0) is 12.2. The van der Waals surface area contributed by atoms with E-state index in [0.29, 0.717) is 26.2 Å². The Balaban J connectivity index is 2.81. The molecule has 0 spiro atoms. The van der Waals surface area contributed by atoms with Crippen LogP contribution < -0.4 is 5.73 Å². The number of nitrogens with zero attached hydrogens (tertiary/aromatic N) is 2. The van der Waals surface area contributed by atoms with E-state index in [4.69, 9.17) is 5.73 Å². The molecule has 0 saturated carbocycles. The van der Waals surface area contributed by atoms with Crippen LogP contribution in [0.1, 0.15) is 33.1 Å². The monoisotopic (exact) mass is 249 g/mol. The van der Waals surface area contributed by atoms with E-state index in [1.807, 2.05) is 13.8 Å². The van der Waals surface area contributed by atoms with Crippen molar-refractivity contribution < 1.29 is 8.42 Å². The third-order valence-electron chi connectivity index (χ3n) is 3.10. The van der Waals surface area contributed by atoms with Crippen LogP contribution in [0, 0.1) is 0 Å².